The van der Waals surface area contributed by atoms with Gasteiger partial charge in [-0.3, -0.25) is 9.78 Å². The van der Waals surface area contributed by atoms with Gasteiger partial charge < -0.3 is 0 Å². The Morgan fingerprint density at radius 1 is 1.31 bits per heavy atom. The minimum atomic E-state index is 0.265. The van der Waals surface area contributed by atoms with Gasteiger partial charge in [-0.1, -0.05) is 25.3 Å². The fourth-order valence-corrected chi connectivity index (χ4v) is 2.18. The van der Waals surface area contributed by atoms with Crippen LogP contribution in [-0.4, -0.2) is 10.8 Å². The van der Waals surface area contributed by atoms with Crippen LogP contribution in [0.5, 0.6) is 0 Å². The fourth-order valence-electron chi connectivity index (χ4n) is 2.18. The quantitative estimate of drug-likeness (QED) is 0.724. The lowest BCUT2D eigenvalue weighted by Crippen LogP contribution is -2.15. The third-order valence-corrected chi connectivity index (χ3v) is 3.13. The molecule has 0 spiro atoms. The van der Waals surface area contributed by atoms with Crippen LogP contribution in [0.2, 0.25) is 0 Å². The van der Waals surface area contributed by atoms with Crippen molar-refractivity contribution in [3.63, 3.8) is 0 Å². The number of rotatable bonds is 3. The lowest BCUT2D eigenvalue weighted by atomic mass is 9.86. The van der Waals surface area contributed by atoms with Crippen molar-refractivity contribution in [3.05, 3.63) is 36.2 Å². The molecule has 2 nitrogen and oxygen atoms in total. The summed E-state index contributed by atoms with van der Waals surface area (Å²) >= 11 is 0. The molecule has 0 bridgehead atoms. The van der Waals surface area contributed by atoms with E-state index in [1.807, 2.05) is 18.2 Å². The largest absolute Gasteiger partial charge is 0.295 e. The van der Waals surface area contributed by atoms with Crippen LogP contribution in [0.25, 0.3) is 6.08 Å². The molecule has 1 aromatic heterocycles. The Bertz CT molecular complexity index is 364. The van der Waals surface area contributed by atoms with Gasteiger partial charge in [0.25, 0.3) is 0 Å². The molecule has 1 aliphatic carbocycles. The monoisotopic (exact) mass is 215 g/mol. The maximum absolute atomic E-state index is 11.9. The Hall–Kier alpha value is -1.44. The van der Waals surface area contributed by atoms with E-state index in [-0.39, 0.29) is 11.7 Å². The number of nitrogens with zero attached hydrogens (tertiary/aromatic N) is 1. The zero-order valence-corrected chi connectivity index (χ0v) is 9.43. The van der Waals surface area contributed by atoms with Crippen molar-refractivity contribution in [1.29, 1.82) is 0 Å². The molecule has 2 rings (SSSR count). The van der Waals surface area contributed by atoms with Gasteiger partial charge in [0.15, 0.2) is 5.78 Å². The summed E-state index contributed by atoms with van der Waals surface area (Å²) in [4.78, 5) is 15.9. The van der Waals surface area contributed by atoms with Crippen molar-refractivity contribution in [2.45, 2.75) is 32.1 Å². The minimum absolute atomic E-state index is 0.265. The second kappa shape index (κ2) is 5.59. The summed E-state index contributed by atoms with van der Waals surface area (Å²) < 4.78 is 0. The summed E-state index contributed by atoms with van der Waals surface area (Å²) in [7, 11) is 0. The zero-order chi connectivity index (χ0) is 11.2. The number of aromatic nitrogens is 1. The standard InChI is InChI=1S/C14H17NO/c16-14(13-6-2-1-3-7-13)9-8-12-5-4-10-15-11-12/h4-5,8-11,13H,1-3,6-7H2/b9-8+. The molecule has 0 N–H and O–H groups in total. The zero-order valence-electron chi connectivity index (χ0n) is 9.43. The molecule has 1 aromatic rings. The molecular formula is C14H17NO. The Balaban J connectivity index is 1.93. The van der Waals surface area contributed by atoms with Gasteiger partial charge in [-0.05, 0) is 36.6 Å². The number of hydrogen-bond acceptors (Lipinski definition) is 2. The normalized spacial score (nSPS) is 17.8. The highest BCUT2D eigenvalue weighted by molar-refractivity contribution is 5.95. The van der Waals surface area contributed by atoms with Crippen LogP contribution in [0.1, 0.15) is 37.7 Å². The molecule has 0 radical (unpaired) electrons. The third kappa shape index (κ3) is 3.02. The van der Waals surface area contributed by atoms with Crippen LogP contribution in [0.15, 0.2) is 30.6 Å². The van der Waals surface area contributed by atoms with Crippen LogP contribution in [0.3, 0.4) is 0 Å². The molecule has 2 heteroatoms. The molecule has 1 fully saturated rings. The van der Waals surface area contributed by atoms with E-state index in [1.54, 1.807) is 18.5 Å². The van der Waals surface area contributed by atoms with Crippen molar-refractivity contribution in [2.24, 2.45) is 5.92 Å². The Morgan fingerprint density at radius 3 is 2.81 bits per heavy atom. The van der Waals surface area contributed by atoms with Crippen LogP contribution >= 0.6 is 0 Å². The van der Waals surface area contributed by atoms with E-state index in [0.717, 1.165) is 18.4 Å². The minimum Gasteiger partial charge on any atom is -0.295 e. The first-order valence-corrected chi connectivity index (χ1v) is 5.98. The number of ketones is 1. The molecule has 0 unspecified atom stereocenters. The molecule has 1 heterocycles. The first-order valence-electron chi connectivity index (χ1n) is 5.98. The lowest BCUT2D eigenvalue weighted by Gasteiger charge is -2.18. The van der Waals surface area contributed by atoms with Crippen molar-refractivity contribution in [3.8, 4) is 0 Å². The van der Waals surface area contributed by atoms with E-state index in [4.69, 9.17) is 0 Å². The van der Waals surface area contributed by atoms with Gasteiger partial charge in [-0.15, -0.1) is 0 Å². The van der Waals surface area contributed by atoms with Gasteiger partial charge in [0.2, 0.25) is 0 Å². The van der Waals surface area contributed by atoms with E-state index < -0.39 is 0 Å². The summed E-state index contributed by atoms with van der Waals surface area (Å²) in [5, 5.41) is 0. The molecule has 84 valence electrons. The van der Waals surface area contributed by atoms with Crippen molar-refractivity contribution < 1.29 is 4.79 Å². The maximum atomic E-state index is 11.9. The predicted octanol–water partition coefficient (Wildman–Crippen LogP) is 3.24. The Kier molecular flexibility index (Phi) is 3.86. The van der Waals surface area contributed by atoms with Crippen molar-refractivity contribution in [2.75, 3.05) is 0 Å². The van der Waals surface area contributed by atoms with Gasteiger partial charge in [-0.25, -0.2) is 0 Å². The molecule has 0 amide bonds. The highest BCUT2D eigenvalue weighted by Gasteiger charge is 2.18. The Labute approximate surface area is 96.4 Å². The van der Waals surface area contributed by atoms with Crippen LogP contribution in [0.4, 0.5) is 0 Å². The van der Waals surface area contributed by atoms with Gasteiger partial charge in [0.1, 0.15) is 0 Å². The van der Waals surface area contributed by atoms with Crippen molar-refractivity contribution >= 4 is 11.9 Å². The van der Waals surface area contributed by atoms with E-state index in [2.05, 4.69) is 4.98 Å². The SMILES string of the molecule is O=C(/C=C/c1cccnc1)C1CCCCC1. The number of carbonyl (C=O) groups excluding carboxylic acids is 1. The van der Waals surface area contributed by atoms with E-state index in [0.29, 0.717) is 0 Å². The number of pyridine rings is 1. The highest BCUT2D eigenvalue weighted by atomic mass is 16.1. The predicted molar refractivity (Wildman–Crippen MR) is 64.9 cm³/mol. The van der Waals surface area contributed by atoms with Crippen LogP contribution in [0, 0.1) is 5.92 Å². The summed E-state index contributed by atoms with van der Waals surface area (Å²) in [6.45, 7) is 0. The van der Waals surface area contributed by atoms with Gasteiger partial charge >= 0.3 is 0 Å². The van der Waals surface area contributed by atoms with Crippen molar-refractivity contribution in [1.82, 2.24) is 4.98 Å². The number of carbonyl (C=O) groups is 1. The average Bonchev–Trinajstić information content (AvgIpc) is 2.38. The van der Waals surface area contributed by atoms with Gasteiger partial charge in [-0.2, -0.15) is 0 Å². The van der Waals surface area contributed by atoms with E-state index in [9.17, 15) is 4.79 Å². The molecule has 0 aromatic carbocycles. The second-order valence-electron chi connectivity index (χ2n) is 4.36. The second-order valence-corrected chi connectivity index (χ2v) is 4.36. The molecule has 0 saturated heterocycles. The smallest absolute Gasteiger partial charge is 0.158 e. The first kappa shape index (κ1) is 11.1. The van der Waals surface area contributed by atoms with E-state index >= 15 is 0 Å². The summed E-state index contributed by atoms with van der Waals surface area (Å²) in [5.74, 6) is 0.547. The third-order valence-electron chi connectivity index (χ3n) is 3.13. The highest BCUT2D eigenvalue weighted by Crippen LogP contribution is 2.24. The van der Waals surface area contributed by atoms with Gasteiger partial charge in [0.05, 0.1) is 0 Å². The van der Waals surface area contributed by atoms with E-state index in [1.165, 1.54) is 19.3 Å². The number of allylic oxidation sites excluding steroid dienone is 1. The Morgan fingerprint density at radius 2 is 2.12 bits per heavy atom. The summed E-state index contributed by atoms with van der Waals surface area (Å²) in [5.41, 5.74) is 0.992. The molecule has 1 aliphatic rings. The number of hydrogen-bond donors (Lipinski definition) is 0. The molecular weight excluding hydrogens is 198 g/mol. The summed E-state index contributed by atoms with van der Waals surface area (Å²) in [6, 6.07) is 3.84. The van der Waals surface area contributed by atoms with Crippen LogP contribution in [-0.2, 0) is 4.79 Å². The van der Waals surface area contributed by atoms with Gasteiger partial charge in [0, 0.05) is 18.3 Å². The summed E-state index contributed by atoms with van der Waals surface area (Å²) in [6.07, 6.45) is 12.9. The lowest BCUT2D eigenvalue weighted by molar-refractivity contribution is -0.119. The first-order chi connectivity index (χ1) is 7.86. The van der Waals surface area contributed by atoms with Crippen LogP contribution < -0.4 is 0 Å². The topological polar surface area (TPSA) is 30.0 Å². The molecule has 0 atom stereocenters. The molecule has 16 heavy (non-hydrogen) atoms. The maximum Gasteiger partial charge on any atom is 0.158 e. The molecule has 1 saturated carbocycles. The molecule has 0 aliphatic heterocycles. The fraction of sp³-hybridized carbons (Fsp3) is 0.429. The average molecular weight is 215 g/mol.